The van der Waals surface area contributed by atoms with Crippen LogP contribution in [0.15, 0.2) is 30.3 Å². The van der Waals surface area contributed by atoms with Crippen LogP contribution in [0.4, 0.5) is 0 Å². The third-order valence-electron chi connectivity index (χ3n) is 3.72. The van der Waals surface area contributed by atoms with E-state index in [1.54, 1.807) is 18.6 Å². The van der Waals surface area contributed by atoms with Gasteiger partial charge in [-0.15, -0.1) is 16.4 Å². The molecule has 0 aliphatic carbocycles. The summed E-state index contributed by atoms with van der Waals surface area (Å²) in [6.07, 6.45) is 6.04. The summed E-state index contributed by atoms with van der Waals surface area (Å²) in [5.41, 5.74) is 7.44. The quantitative estimate of drug-likeness (QED) is 0.531. The molecule has 1 fully saturated rings. The van der Waals surface area contributed by atoms with Gasteiger partial charge >= 0.3 is 0 Å². The zero-order valence-corrected chi connectivity index (χ0v) is 13.7. The number of nitrogens with one attached hydrogen (secondary N) is 3. The number of nitrogens with zero attached hydrogens (tertiary/aromatic N) is 7. The van der Waals surface area contributed by atoms with E-state index in [0.29, 0.717) is 18.8 Å². The van der Waals surface area contributed by atoms with E-state index in [2.05, 4.69) is 46.6 Å². The van der Waals surface area contributed by atoms with E-state index >= 15 is 0 Å². The lowest BCUT2D eigenvalue weighted by Crippen LogP contribution is -2.37. The van der Waals surface area contributed by atoms with Crippen molar-refractivity contribution in [1.29, 1.82) is 0 Å². The molecule has 0 spiro atoms. The molecule has 0 bridgehead atoms. The fourth-order valence-electron chi connectivity index (χ4n) is 2.49. The molecule has 4 rings (SSSR count). The van der Waals surface area contributed by atoms with E-state index in [9.17, 15) is 4.79 Å². The van der Waals surface area contributed by atoms with Crippen LogP contribution in [0, 0.1) is 5.92 Å². The first kappa shape index (κ1) is 15.7. The van der Waals surface area contributed by atoms with Gasteiger partial charge < -0.3 is 5.32 Å². The van der Waals surface area contributed by atoms with Gasteiger partial charge in [0.25, 0.3) is 0 Å². The standard InChI is InChI=1S/C13H14N10OS/c24-12(9-4-17-20-11(9)23-7-18-21-22-23)16-3-8-6-25-13(19-8)10-5-14-1-2-15-10/h1-2,5-7,9,11,17,20H,3-4H2,(H,16,24). The van der Waals surface area contributed by atoms with E-state index < -0.39 is 0 Å². The van der Waals surface area contributed by atoms with Crippen LogP contribution in [0.25, 0.3) is 10.7 Å². The van der Waals surface area contributed by atoms with E-state index in [1.165, 1.54) is 22.3 Å². The number of amides is 1. The van der Waals surface area contributed by atoms with Crippen LogP contribution in [-0.4, -0.2) is 47.6 Å². The Morgan fingerprint density at radius 2 is 2.40 bits per heavy atom. The number of hydrazine groups is 1. The first-order valence-electron chi connectivity index (χ1n) is 7.50. The minimum absolute atomic E-state index is 0.105. The summed E-state index contributed by atoms with van der Waals surface area (Å²) in [4.78, 5) is 25.2. The molecule has 4 heterocycles. The van der Waals surface area contributed by atoms with Crippen molar-refractivity contribution < 1.29 is 4.79 Å². The van der Waals surface area contributed by atoms with Crippen molar-refractivity contribution in [2.45, 2.75) is 12.7 Å². The van der Waals surface area contributed by atoms with Crippen LogP contribution in [0.3, 0.4) is 0 Å². The molecule has 0 radical (unpaired) electrons. The first-order chi connectivity index (χ1) is 12.3. The summed E-state index contributed by atoms with van der Waals surface area (Å²) in [6, 6.07) is 0. The van der Waals surface area contributed by atoms with Crippen molar-refractivity contribution in [2.75, 3.05) is 6.54 Å². The average Bonchev–Trinajstić information content (AvgIpc) is 3.41. The van der Waals surface area contributed by atoms with E-state index in [0.717, 1.165) is 10.7 Å². The minimum Gasteiger partial charge on any atom is -0.350 e. The van der Waals surface area contributed by atoms with Crippen molar-refractivity contribution in [3.63, 3.8) is 0 Å². The minimum atomic E-state index is -0.333. The van der Waals surface area contributed by atoms with Crippen molar-refractivity contribution in [3.05, 3.63) is 36.0 Å². The Bertz CT molecular complexity index is 836. The molecular formula is C13H14N10OS. The maximum Gasteiger partial charge on any atom is 0.228 e. The molecule has 1 aliphatic rings. The van der Waals surface area contributed by atoms with Crippen molar-refractivity contribution in [1.82, 2.24) is 51.3 Å². The van der Waals surface area contributed by atoms with E-state index in [1.807, 2.05) is 5.38 Å². The molecule has 1 saturated heterocycles. The summed E-state index contributed by atoms with van der Waals surface area (Å²) in [7, 11) is 0. The van der Waals surface area contributed by atoms with Gasteiger partial charge in [-0.1, -0.05) is 0 Å². The van der Waals surface area contributed by atoms with Gasteiger partial charge in [0.1, 0.15) is 23.2 Å². The summed E-state index contributed by atoms with van der Waals surface area (Å²) >= 11 is 1.46. The summed E-state index contributed by atoms with van der Waals surface area (Å²) < 4.78 is 1.51. The molecular weight excluding hydrogens is 344 g/mol. The van der Waals surface area contributed by atoms with Gasteiger partial charge in [-0.05, 0) is 10.4 Å². The summed E-state index contributed by atoms with van der Waals surface area (Å²) in [5.74, 6) is -0.436. The van der Waals surface area contributed by atoms with E-state index in [-0.39, 0.29) is 18.0 Å². The molecule has 1 amide bonds. The SMILES string of the molecule is O=C(NCc1csc(-c2cnccn2)n1)C1CNNC1n1cnnn1. The van der Waals surface area contributed by atoms with Gasteiger partial charge in [-0.3, -0.25) is 20.2 Å². The number of hydrogen-bond donors (Lipinski definition) is 3. The summed E-state index contributed by atoms with van der Waals surface area (Å²) in [5, 5.41) is 16.6. The van der Waals surface area contributed by atoms with Crippen LogP contribution in [0.5, 0.6) is 0 Å². The maximum absolute atomic E-state index is 12.5. The molecule has 0 saturated carbocycles. The van der Waals surface area contributed by atoms with Crippen LogP contribution >= 0.6 is 11.3 Å². The molecule has 128 valence electrons. The zero-order valence-electron chi connectivity index (χ0n) is 12.9. The topological polar surface area (TPSA) is 135 Å². The van der Waals surface area contributed by atoms with Crippen molar-refractivity contribution in [2.24, 2.45) is 5.92 Å². The number of thiazole rings is 1. The van der Waals surface area contributed by atoms with Crippen LogP contribution in [0.2, 0.25) is 0 Å². The highest BCUT2D eigenvalue weighted by molar-refractivity contribution is 7.13. The fraction of sp³-hybridized carbons (Fsp3) is 0.308. The maximum atomic E-state index is 12.5. The second kappa shape index (κ2) is 6.96. The van der Waals surface area contributed by atoms with E-state index in [4.69, 9.17) is 0 Å². The normalized spacial score (nSPS) is 19.8. The third-order valence-corrected chi connectivity index (χ3v) is 4.63. The molecule has 3 aromatic rings. The average molecular weight is 358 g/mol. The van der Waals surface area contributed by atoms with Gasteiger partial charge in [0.05, 0.1) is 24.4 Å². The molecule has 12 heteroatoms. The second-order valence-electron chi connectivity index (χ2n) is 5.32. The fourth-order valence-corrected chi connectivity index (χ4v) is 3.27. The Hall–Kier alpha value is -2.83. The molecule has 3 aromatic heterocycles. The lowest BCUT2D eigenvalue weighted by atomic mass is 10.1. The largest absolute Gasteiger partial charge is 0.350 e. The van der Waals surface area contributed by atoms with Gasteiger partial charge in [0.15, 0.2) is 0 Å². The number of carbonyl (C=O) groups excluding carboxylic acids is 1. The van der Waals surface area contributed by atoms with Crippen LogP contribution in [0.1, 0.15) is 11.9 Å². The Kier molecular flexibility index (Phi) is 4.37. The highest BCUT2D eigenvalue weighted by atomic mass is 32.1. The Morgan fingerprint density at radius 1 is 1.44 bits per heavy atom. The number of tetrazole rings is 1. The first-order valence-corrected chi connectivity index (χ1v) is 8.38. The molecule has 2 atom stereocenters. The summed E-state index contributed by atoms with van der Waals surface area (Å²) in [6.45, 7) is 0.826. The van der Waals surface area contributed by atoms with Gasteiger partial charge in [0.2, 0.25) is 5.91 Å². The number of hydrogen-bond acceptors (Lipinski definition) is 10. The molecule has 25 heavy (non-hydrogen) atoms. The second-order valence-corrected chi connectivity index (χ2v) is 6.18. The lowest BCUT2D eigenvalue weighted by molar-refractivity contribution is -0.125. The molecule has 2 unspecified atom stereocenters. The number of aromatic nitrogens is 7. The molecule has 0 aromatic carbocycles. The molecule has 11 nitrogen and oxygen atoms in total. The molecule has 3 N–H and O–H groups in total. The predicted octanol–water partition coefficient (Wildman–Crippen LogP) is -0.874. The van der Waals surface area contributed by atoms with Gasteiger partial charge in [-0.25, -0.2) is 15.1 Å². The Balaban J connectivity index is 1.38. The predicted molar refractivity (Wildman–Crippen MR) is 86.5 cm³/mol. The zero-order chi connectivity index (χ0) is 17.1. The van der Waals surface area contributed by atoms with Gasteiger partial charge in [0, 0.05) is 24.3 Å². The van der Waals surface area contributed by atoms with Gasteiger partial charge in [-0.2, -0.15) is 0 Å². The van der Waals surface area contributed by atoms with Crippen LogP contribution in [-0.2, 0) is 11.3 Å². The number of carbonyl (C=O) groups is 1. The number of rotatable bonds is 5. The third kappa shape index (κ3) is 3.35. The molecule has 1 aliphatic heterocycles. The Labute approximate surface area is 145 Å². The highest BCUT2D eigenvalue weighted by Crippen LogP contribution is 2.21. The lowest BCUT2D eigenvalue weighted by Gasteiger charge is -2.16. The van der Waals surface area contributed by atoms with Crippen LogP contribution < -0.4 is 16.2 Å². The monoisotopic (exact) mass is 358 g/mol. The highest BCUT2D eigenvalue weighted by Gasteiger charge is 2.34. The Morgan fingerprint density at radius 3 is 3.20 bits per heavy atom. The van der Waals surface area contributed by atoms with Crippen molar-refractivity contribution >= 4 is 17.2 Å². The van der Waals surface area contributed by atoms with Crippen molar-refractivity contribution in [3.8, 4) is 10.7 Å². The smallest absolute Gasteiger partial charge is 0.228 e.